The number of aliphatic hydroxyl groups excluding tert-OH is 4. The van der Waals surface area contributed by atoms with Gasteiger partial charge in [-0.15, -0.1) is 0 Å². The first-order valence-electron chi connectivity index (χ1n) is 6.84. The summed E-state index contributed by atoms with van der Waals surface area (Å²) in [4.78, 5) is 20.9. The predicted molar refractivity (Wildman–Crippen MR) is 77.9 cm³/mol. The van der Waals surface area contributed by atoms with E-state index in [2.05, 4.69) is 11.3 Å². The molecule has 10 nitrogen and oxygen atoms in total. The van der Waals surface area contributed by atoms with Gasteiger partial charge in [-0.25, -0.2) is 9.59 Å². The number of ether oxygens (including phenoxy) is 2. The average Bonchev–Trinajstić information content (AvgIpc) is 2.48. The van der Waals surface area contributed by atoms with Crippen molar-refractivity contribution in [2.75, 3.05) is 13.2 Å². The van der Waals surface area contributed by atoms with E-state index in [0.717, 1.165) is 0 Å². The minimum Gasteiger partial charge on any atom is -0.463 e. The topological polar surface area (TPSA) is 172 Å². The molecule has 1 rings (SSSR count). The third-order valence-corrected chi connectivity index (χ3v) is 2.80. The summed E-state index contributed by atoms with van der Waals surface area (Å²) in [5, 5.41) is 38.9. The first-order chi connectivity index (χ1) is 10.6. The number of hydrogen-bond donors (Lipinski definition) is 6. The Kier molecular flexibility index (Phi) is 9.37. The summed E-state index contributed by atoms with van der Waals surface area (Å²) in [5.41, 5.74) is 5.26. The molecule has 0 aromatic heterocycles. The van der Waals surface area contributed by atoms with Gasteiger partial charge in [-0.05, 0) is 13.8 Å². The molecule has 1 aliphatic rings. The van der Waals surface area contributed by atoms with Crippen LogP contribution in [0, 0.1) is 0 Å². The molecule has 1 aliphatic heterocycles. The van der Waals surface area contributed by atoms with Crippen molar-refractivity contribution in [3.8, 4) is 0 Å². The highest BCUT2D eigenvalue weighted by Gasteiger charge is 2.43. The Morgan fingerprint density at radius 3 is 2.17 bits per heavy atom. The molecule has 1 saturated heterocycles. The maximum atomic E-state index is 10.5. The van der Waals surface area contributed by atoms with E-state index in [4.69, 9.17) is 15.6 Å². The molecule has 134 valence electrons. The lowest BCUT2D eigenvalue weighted by atomic mass is 9.98. The number of nitrogens with one attached hydrogen (secondary N) is 1. The Labute approximate surface area is 133 Å². The zero-order valence-electron chi connectivity index (χ0n) is 13.0. The van der Waals surface area contributed by atoms with Crippen molar-refractivity contribution >= 4 is 12.0 Å². The van der Waals surface area contributed by atoms with Crippen molar-refractivity contribution in [2.24, 2.45) is 5.73 Å². The van der Waals surface area contributed by atoms with E-state index >= 15 is 0 Å². The van der Waals surface area contributed by atoms with Crippen LogP contribution in [0.3, 0.4) is 0 Å². The summed E-state index contributed by atoms with van der Waals surface area (Å²) >= 11 is 0. The van der Waals surface area contributed by atoms with Crippen LogP contribution in [0.5, 0.6) is 0 Å². The fourth-order valence-electron chi connectivity index (χ4n) is 1.62. The number of carbonyl (C=O) groups is 2. The van der Waals surface area contributed by atoms with Gasteiger partial charge in [0.15, 0.2) is 6.23 Å². The Balaban J connectivity index is 0.000000515. The van der Waals surface area contributed by atoms with Crippen LogP contribution in [0.15, 0.2) is 12.2 Å². The van der Waals surface area contributed by atoms with Crippen molar-refractivity contribution in [3.63, 3.8) is 0 Å². The summed E-state index contributed by atoms with van der Waals surface area (Å²) in [5.74, 6) is -0.312. The van der Waals surface area contributed by atoms with E-state index in [1.807, 2.05) is 5.32 Å². The second-order valence-corrected chi connectivity index (χ2v) is 4.76. The molecule has 1 heterocycles. The average molecular weight is 336 g/mol. The molecular formula is C13H24N2O8. The number of amides is 2. The van der Waals surface area contributed by atoms with Gasteiger partial charge < -0.3 is 41.0 Å². The van der Waals surface area contributed by atoms with E-state index in [1.165, 1.54) is 0 Å². The molecule has 1 fully saturated rings. The first kappa shape index (κ1) is 21.3. The number of hydrogen-bond acceptors (Lipinski definition) is 8. The van der Waals surface area contributed by atoms with Gasteiger partial charge in [0.1, 0.15) is 24.4 Å². The van der Waals surface area contributed by atoms with Crippen LogP contribution in [-0.4, -0.2) is 76.3 Å². The molecule has 23 heavy (non-hydrogen) atoms. The quantitative estimate of drug-likeness (QED) is 0.243. The molecule has 2 amide bonds. The molecule has 5 atom stereocenters. The number of rotatable bonds is 4. The Bertz CT molecular complexity index is 415. The molecule has 0 bridgehead atoms. The largest absolute Gasteiger partial charge is 0.463 e. The molecular weight excluding hydrogens is 312 g/mol. The van der Waals surface area contributed by atoms with Crippen LogP contribution in [0.1, 0.15) is 13.8 Å². The fourth-order valence-corrected chi connectivity index (χ4v) is 1.62. The van der Waals surface area contributed by atoms with Crippen molar-refractivity contribution < 1.29 is 39.5 Å². The highest BCUT2D eigenvalue weighted by Crippen LogP contribution is 2.19. The third-order valence-electron chi connectivity index (χ3n) is 2.80. The van der Waals surface area contributed by atoms with Crippen LogP contribution in [0.4, 0.5) is 4.79 Å². The van der Waals surface area contributed by atoms with Gasteiger partial charge in [-0.2, -0.15) is 0 Å². The van der Waals surface area contributed by atoms with Gasteiger partial charge in [0, 0.05) is 5.57 Å². The minimum atomic E-state index is -1.52. The van der Waals surface area contributed by atoms with Crippen molar-refractivity contribution in [2.45, 2.75) is 44.5 Å². The van der Waals surface area contributed by atoms with Crippen LogP contribution in [0.25, 0.3) is 0 Å². The molecule has 0 aromatic carbocycles. The van der Waals surface area contributed by atoms with Crippen molar-refractivity contribution in [1.82, 2.24) is 5.32 Å². The maximum Gasteiger partial charge on any atom is 0.333 e. The van der Waals surface area contributed by atoms with Gasteiger partial charge in [-0.1, -0.05) is 6.58 Å². The predicted octanol–water partition coefficient (Wildman–Crippen LogP) is -2.42. The van der Waals surface area contributed by atoms with E-state index in [9.17, 15) is 24.9 Å². The second-order valence-electron chi connectivity index (χ2n) is 4.76. The number of aliphatic hydroxyl groups is 4. The molecule has 7 N–H and O–H groups in total. The first-order valence-corrected chi connectivity index (χ1v) is 6.84. The number of carbonyl (C=O) groups excluding carboxylic acids is 2. The normalized spacial score (nSPS) is 29.7. The van der Waals surface area contributed by atoms with Crippen molar-refractivity contribution in [1.29, 1.82) is 0 Å². The summed E-state index contributed by atoms with van der Waals surface area (Å²) in [6.07, 6.45) is -6.78. The molecule has 0 radical (unpaired) electrons. The standard InChI is InChI=1S/C7H14N2O6.C6H10O2/c8-7(14)9-6-5(13)4(12)3(11)2(1-10)15-6;1-4-8-6(7)5(2)3/h2-6,10-13H,1H2,(H3,8,9,14);2,4H2,1,3H3/t2-,3-,4+,5-,6?;/m1./s1. The van der Waals surface area contributed by atoms with Gasteiger partial charge >= 0.3 is 12.0 Å². The van der Waals surface area contributed by atoms with Crippen LogP contribution in [0.2, 0.25) is 0 Å². The monoisotopic (exact) mass is 336 g/mol. The number of nitrogens with two attached hydrogens (primary N) is 1. The number of urea groups is 1. The van der Waals surface area contributed by atoms with Crippen molar-refractivity contribution in [3.05, 3.63) is 12.2 Å². The number of esters is 1. The second kappa shape index (κ2) is 10.1. The highest BCUT2D eigenvalue weighted by molar-refractivity contribution is 5.86. The third kappa shape index (κ3) is 6.93. The van der Waals surface area contributed by atoms with E-state index in [1.54, 1.807) is 13.8 Å². The molecule has 0 aromatic rings. The lowest BCUT2D eigenvalue weighted by molar-refractivity contribution is -0.233. The van der Waals surface area contributed by atoms with Gasteiger partial charge in [0.05, 0.1) is 13.2 Å². The van der Waals surface area contributed by atoms with Crippen LogP contribution >= 0.6 is 0 Å². The van der Waals surface area contributed by atoms with Crippen LogP contribution in [-0.2, 0) is 14.3 Å². The Morgan fingerprint density at radius 2 is 1.83 bits per heavy atom. The molecule has 1 unspecified atom stereocenters. The highest BCUT2D eigenvalue weighted by atomic mass is 16.6. The molecule has 0 aliphatic carbocycles. The zero-order chi connectivity index (χ0) is 18.2. The van der Waals surface area contributed by atoms with Gasteiger partial charge in [0.25, 0.3) is 0 Å². The number of primary amides is 1. The SMILES string of the molecule is C=C(C)C(=O)OCC.NC(=O)NC1O[C@H](CO)[C@@H](O)[C@H](O)[C@H]1O. The summed E-state index contributed by atoms with van der Waals surface area (Å²) in [7, 11) is 0. The van der Waals surface area contributed by atoms with Gasteiger partial charge in [-0.3, -0.25) is 0 Å². The lowest BCUT2D eigenvalue weighted by Crippen LogP contribution is -2.63. The minimum absolute atomic E-state index is 0.312. The maximum absolute atomic E-state index is 10.5. The van der Waals surface area contributed by atoms with E-state index < -0.39 is 43.3 Å². The van der Waals surface area contributed by atoms with E-state index in [0.29, 0.717) is 12.2 Å². The smallest absolute Gasteiger partial charge is 0.333 e. The van der Waals surface area contributed by atoms with Crippen LogP contribution < -0.4 is 11.1 Å². The Hall–Kier alpha value is -1.72. The summed E-state index contributed by atoms with van der Waals surface area (Å²) in [6.45, 7) is 6.66. The molecule has 10 heteroatoms. The summed E-state index contributed by atoms with van der Waals surface area (Å²) < 4.78 is 9.48. The summed E-state index contributed by atoms with van der Waals surface area (Å²) in [6, 6.07) is -0.945. The fraction of sp³-hybridized carbons (Fsp3) is 0.692. The van der Waals surface area contributed by atoms with Gasteiger partial charge in [0.2, 0.25) is 0 Å². The molecule has 0 saturated carbocycles. The molecule has 0 spiro atoms. The lowest BCUT2D eigenvalue weighted by Gasteiger charge is -2.39. The van der Waals surface area contributed by atoms with E-state index in [-0.39, 0.29) is 5.97 Å². The Morgan fingerprint density at radius 1 is 1.26 bits per heavy atom. The zero-order valence-corrected chi connectivity index (χ0v) is 13.0.